The number of hydrogen-bond donors (Lipinski definition) is 0. The number of hydrogen-bond acceptors (Lipinski definition) is 4. The molecule has 2 aliphatic rings. The van der Waals surface area contributed by atoms with E-state index in [4.69, 9.17) is 0 Å². The number of benzene rings is 16. The van der Waals surface area contributed by atoms with Crippen LogP contribution in [0.4, 0.5) is 34.1 Å². The van der Waals surface area contributed by atoms with Crippen LogP contribution in [-0.2, 0) is 0 Å². The van der Waals surface area contributed by atoms with Crippen LogP contribution < -0.4 is 26.2 Å². The van der Waals surface area contributed by atoms with Crippen LogP contribution in [0.3, 0.4) is 0 Å². The first-order chi connectivity index (χ1) is 52.1. The summed E-state index contributed by atoms with van der Waals surface area (Å²) in [5.41, 5.74) is 27.9. The van der Waals surface area contributed by atoms with Crippen molar-refractivity contribution in [3.8, 4) is 101 Å². The maximum absolute atomic E-state index is 13.1. The standard InChI is InChI=1S/C98H61BN6/c100-62-81-93(70-44-20-7-21-45-70)82(63-101)98-94-97(81)104(95-71(64-32-8-1-9-33-64)50-30-51-72(95)65-34-10-2-11-35-65)91-60-89(102-85-54-26-22-46-75(85)76-47-23-27-55-86(76)102)79(68-40-16-5-17-41-68)58-83(91)99(94)84-59-80(69-42-18-6-19-43-69)90(103-87-56-28-24-48-77(87)78-49-25-29-57-88(78)103)61-92(84)105(98)96-73(66-36-12-3-13-37-66)52-31-53-74(96)67-38-14-4-15-39-67/h1-61H. The van der Waals surface area contributed by atoms with Gasteiger partial charge in [-0.05, 0) is 91.7 Å². The van der Waals surface area contributed by atoms with Crippen LogP contribution in [0.15, 0.2) is 370 Å². The molecule has 0 radical (unpaired) electrons. The molecule has 20 rings (SSSR count). The van der Waals surface area contributed by atoms with Crippen molar-refractivity contribution >= 4 is 101 Å². The van der Waals surface area contributed by atoms with Crippen molar-refractivity contribution in [2.24, 2.45) is 0 Å². The van der Waals surface area contributed by atoms with Gasteiger partial charge in [0.25, 0.3) is 6.71 Å². The average molecular weight is 1330 g/mol. The molecule has 0 unspecified atom stereocenters. The number of aromatic nitrogens is 2. The molecule has 18 aromatic rings. The maximum Gasteiger partial charge on any atom is 0.252 e. The molecule has 0 fully saturated rings. The van der Waals surface area contributed by atoms with Crippen LogP contribution >= 0.6 is 0 Å². The molecule has 2 aliphatic heterocycles. The SMILES string of the molecule is N#Cc1c(-c2ccccc2)c(C#N)c2c3c1N(c1c(-c4ccccc4)cccc1-c1ccccc1)c1cc(-n4c5ccccc5c5ccccc54)c(-c4ccccc4)cc1B3c1cc(-c3ccccc3)c(-n3c4ccccc4c4ccccc43)cc1N2c1c(-c2ccccc2)cccc1-c1ccccc1. The summed E-state index contributed by atoms with van der Waals surface area (Å²) >= 11 is 0. The highest BCUT2D eigenvalue weighted by molar-refractivity contribution is 7.00. The van der Waals surface area contributed by atoms with E-state index in [-0.39, 0.29) is 0 Å². The van der Waals surface area contributed by atoms with Gasteiger partial charge >= 0.3 is 0 Å². The summed E-state index contributed by atoms with van der Waals surface area (Å²) in [4.78, 5) is 4.92. The van der Waals surface area contributed by atoms with E-state index in [1.54, 1.807) is 0 Å². The van der Waals surface area contributed by atoms with Crippen LogP contribution in [0.25, 0.3) is 133 Å². The number of anilines is 6. The van der Waals surface area contributed by atoms with Crippen molar-refractivity contribution in [3.05, 3.63) is 381 Å². The maximum atomic E-state index is 13.1. The van der Waals surface area contributed by atoms with E-state index < -0.39 is 6.71 Å². The molecule has 0 amide bonds. The Labute approximate surface area is 609 Å². The lowest BCUT2D eigenvalue weighted by Gasteiger charge is -2.47. The quantitative estimate of drug-likeness (QED) is 0.121. The molecular weight excluding hydrogens is 1270 g/mol. The van der Waals surface area contributed by atoms with Gasteiger partial charge in [0.05, 0.1) is 67.3 Å². The fraction of sp³-hybridized carbons (Fsp3) is 0. The zero-order chi connectivity index (χ0) is 69.6. The molecule has 105 heavy (non-hydrogen) atoms. The second-order valence-corrected chi connectivity index (χ2v) is 27.1. The van der Waals surface area contributed by atoms with E-state index in [1.807, 2.05) is 18.2 Å². The molecule has 486 valence electrons. The predicted octanol–water partition coefficient (Wildman–Crippen LogP) is 23.4. The first-order valence-electron chi connectivity index (χ1n) is 35.7. The Balaban J connectivity index is 1.06. The van der Waals surface area contributed by atoms with Crippen molar-refractivity contribution in [2.45, 2.75) is 0 Å². The normalized spacial score (nSPS) is 12.1. The van der Waals surface area contributed by atoms with Crippen molar-refractivity contribution in [1.82, 2.24) is 9.13 Å². The average Bonchev–Trinajstić information content (AvgIpc) is 1.17. The molecule has 4 heterocycles. The molecule has 16 aromatic carbocycles. The van der Waals surface area contributed by atoms with Crippen molar-refractivity contribution in [2.75, 3.05) is 9.80 Å². The Morgan fingerprint density at radius 1 is 0.229 bits per heavy atom. The van der Waals surface area contributed by atoms with Crippen molar-refractivity contribution in [1.29, 1.82) is 10.5 Å². The van der Waals surface area contributed by atoms with Crippen molar-refractivity contribution < 1.29 is 0 Å². The molecule has 7 heteroatoms. The summed E-state index contributed by atoms with van der Waals surface area (Å²) in [6.45, 7) is -0.658. The minimum Gasteiger partial charge on any atom is -0.309 e. The number of rotatable bonds is 11. The number of nitrogens with zero attached hydrogens (tertiary/aromatic N) is 6. The van der Waals surface area contributed by atoms with Crippen LogP contribution in [0.5, 0.6) is 0 Å². The van der Waals surface area contributed by atoms with Crippen LogP contribution in [0.1, 0.15) is 11.1 Å². The highest BCUT2D eigenvalue weighted by Gasteiger charge is 2.50. The summed E-state index contributed by atoms with van der Waals surface area (Å²) in [7, 11) is 0. The summed E-state index contributed by atoms with van der Waals surface area (Å²) < 4.78 is 4.92. The van der Waals surface area contributed by atoms with Gasteiger partial charge < -0.3 is 18.9 Å². The van der Waals surface area contributed by atoms with Crippen LogP contribution in [0, 0.1) is 22.7 Å². The van der Waals surface area contributed by atoms with Gasteiger partial charge in [-0.2, -0.15) is 10.5 Å². The minimum absolute atomic E-state index is 0.382. The lowest BCUT2D eigenvalue weighted by molar-refractivity contribution is 1.16. The Kier molecular flexibility index (Phi) is 14.4. The van der Waals surface area contributed by atoms with E-state index in [0.29, 0.717) is 28.1 Å². The van der Waals surface area contributed by atoms with E-state index in [0.717, 1.165) is 166 Å². The van der Waals surface area contributed by atoms with Crippen LogP contribution in [-0.4, -0.2) is 15.8 Å². The molecule has 0 saturated heterocycles. The fourth-order valence-corrected chi connectivity index (χ4v) is 17.2. The molecule has 2 aromatic heterocycles. The van der Waals surface area contributed by atoms with Gasteiger partial charge in [-0.25, -0.2) is 0 Å². The highest BCUT2D eigenvalue weighted by Crippen LogP contribution is 2.58. The summed E-state index contributed by atoms with van der Waals surface area (Å²) in [5.74, 6) is 0. The molecule has 0 saturated carbocycles. The molecule has 0 aliphatic carbocycles. The van der Waals surface area contributed by atoms with E-state index in [9.17, 15) is 10.5 Å². The minimum atomic E-state index is -0.658. The Hall–Kier alpha value is -14.2. The third-order valence-corrected chi connectivity index (χ3v) is 21.6. The van der Waals surface area contributed by atoms with E-state index in [2.05, 4.69) is 383 Å². The second kappa shape index (κ2) is 24.8. The van der Waals surface area contributed by atoms with Crippen molar-refractivity contribution in [3.63, 3.8) is 0 Å². The van der Waals surface area contributed by atoms with Gasteiger partial charge in [-0.15, -0.1) is 0 Å². The number of para-hydroxylation sites is 6. The Morgan fingerprint density at radius 2 is 0.486 bits per heavy atom. The summed E-state index contributed by atoms with van der Waals surface area (Å²) in [5, 5.41) is 30.8. The molecule has 6 nitrogen and oxygen atoms in total. The van der Waals surface area contributed by atoms with Gasteiger partial charge in [0.1, 0.15) is 12.1 Å². The molecule has 0 atom stereocenters. The first-order valence-corrected chi connectivity index (χ1v) is 35.7. The molecule has 0 bridgehead atoms. The van der Waals surface area contributed by atoms with Gasteiger partial charge in [0.15, 0.2) is 0 Å². The van der Waals surface area contributed by atoms with Gasteiger partial charge in [0.2, 0.25) is 0 Å². The Bertz CT molecular complexity index is 6000. The lowest BCUT2D eigenvalue weighted by atomic mass is 9.32. The lowest BCUT2D eigenvalue weighted by Crippen LogP contribution is -2.62. The largest absolute Gasteiger partial charge is 0.309 e. The van der Waals surface area contributed by atoms with Gasteiger partial charge in [0, 0.05) is 71.9 Å². The van der Waals surface area contributed by atoms with Gasteiger partial charge in [-0.1, -0.05) is 334 Å². The molecule has 0 spiro atoms. The smallest absolute Gasteiger partial charge is 0.252 e. The summed E-state index contributed by atoms with van der Waals surface area (Å²) in [6, 6.07) is 139. The zero-order valence-electron chi connectivity index (χ0n) is 57.0. The third kappa shape index (κ3) is 9.50. The fourth-order valence-electron chi connectivity index (χ4n) is 17.2. The predicted molar refractivity (Wildman–Crippen MR) is 437 cm³/mol. The highest BCUT2D eigenvalue weighted by atomic mass is 15.2. The molecular formula is C98H61BN6. The Morgan fingerprint density at radius 3 is 0.771 bits per heavy atom. The van der Waals surface area contributed by atoms with Gasteiger partial charge in [-0.3, -0.25) is 0 Å². The third-order valence-electron chi connectivity index (χ3n) is 21.6. The first kappa shape index (κ1) is 60.7. The number of fused-ring (bicyclic) bond motifs is 10. The summed E-state index contributed by atoms with van der Waals surface area (Å²) in [6.07, 6.45) is 0. The van der Waals surface area contributed by atoms with Crippen LogP contribution in [0.2, 0.25) is 0 Å². The van der Waals surface area contributed by atoms with E-state index in [1.165, 1.54) is 0 Å². The second-order valence-electron chi connectivity index (χ2n) is 27.1. The molecule has 0 N–H and O–H groups in total. The van der Waals surface area contributed by atoms with E-state index >= 15 is 0 Å². The number of nitriles is 2. The zero-order valence-corrected chi connectivity index (χ0v) is 57.0. The monoisotopic (exact) mass is 1330 g/mol. The topological polar surface area (TPSA) is 63.9 Å².